The maximum absolute atomic E-state index is 12.2. The van der Waals surface area contributed by atoms with Crippen LogP contribution in [0.3, 0.4) is 0 Å². The smallest absolute Gasteiger partial charge is 0.261 e. The number of nitrogens with one attached hydrogen (secondary N) is 1. The van der Waals surface area contributed by atoms with Crippen LogP contribution < -0.4 is 5.32 Å². The molecule has 0 radical (unpaired) electrons. The number of likely N-dealkylation sites (N-methyl/N-ethyl adjacent to an activating group) is 1. The van der Waals surface area contributed by atoms with Crippen molar-refractivity contribution in [3.63, 3.8) is 0 Å². The predicted octanol–water partition coefficient (Wildman–Crippen LogP) is 2.43. The van der Waals surface area contributed by atoms with Crippen LogP contribution in [0.5, 0.6) is 0 Å². The molecule has 0 aliphatic heterocycles. The second kappa shape index (κ2) is 6.58. The van der Waals surface area contributed by atoms with Crippen molar-refractivity contribution in [3.8, 4) is 0 Å². The first-order valence-corrected chi connectivity index (χ1v) is 7.50. The van der Waals surface area contributed by atoms with Crippen LogP contribution in [0.1, 0.15) is 28.1 Å². The lowest BCUT2D eigenvalue weighted by Crippen LogP contribution is -2.45. The van der Waals surface area contributed by atoms with E-state index in [1.54, 1.807) is 26.1 Å². The summed E-state index contributed by atoms with van der Waals surface area (Å²) in [5, 5.41) is 4.53. The molecule has 2 aromatic heterocycles. The third-order valence-corrected chi connectivity index (χ3v) is 3.90. The average molecular weight is 306 g/mol. The van der Waals surface area contributed by atoms with Crippen LogP contribution in [0.15, 0.2) is 34.1 Å². The SMILES string of the molecule is Cc1ccc(CN(C)C(=O)C(C)NC(=O)c2cccs2)o1. The summed E-state index contributed by atoms with van der Waals surface area (Å²) in [7, 11) is 1.69. The second-order valence-electron chi connectivity index (χ2n) is 4.88. The zero-order valence-electron chi connectivity index (χ0n) is 12.3. The normalized spacial score (nSPS) is 12.0. The van der Waals surface area contributed by atoms with Gasteiger partial charge in [-0.05, 0) is 37.4 Å². The molecule has 1 N–H and O–H groups in total. The van der Waals surface area contributed by atoms with Gasteiger partial charge in [0.2, 0.25) is 5.91 Å². The molecule has 2 heterocycles. The highest BCUT2D eigenvalue weighted by molar-refractivity contribution is 7.12. The molecule has 1 atom stereocenters. The number of aryl methyl sites for hydroxylation is 1. The lowest BCUT2D eigenvalue weighted by atomic mass is 10.2. The van der Waals surface area contributed by atoms with E-state index < -0.39 is 6.04 Å². The number of rotatable bonds is 5. The van der Waals surface area contributed by atoms with Crippen LogP contribution >= 0.6 is 11.3 Å². The number of amides is 2. The van der Waals surface area contributed by atoms with Crippen molar-refractivity contribution >= 4 is 23.2 Å². The third-order valence-electron chi connectivity index (χ3n) is 3.03. The van der Waals surface area contributed by atoms with Crippen molar-refractivity contribution in [1.82, 2.24) is 10.2 Å². The minimum atomic E-state index is -0.583. The van der Waals surface area contributed by atoms with Gasteiger partial charge in [0, 0.05) is 7.05 Å². The molecule has 5 nitrogen and oxygen atoms in total. The summed E-state index contributed by atoms with van der Waals surface area (Å²) >= 11 is 1.35. The first-order chi connectivity index (χ1) is 9.97. The van der Waals surface area contributed by atoms with Crippen molar-refractivity contribution in [2.45, 2.75) is 26.4 Å². The highest BCUT2D eigenvalue weighted by Crippen LogP contribution is 2.11. The van der Waals surface area contributed by atoms with Crippen LogP contribution in [0.4, 0.5) is 0 Å². The number of carbonyl (C=O) groups excluding carboxylic acids is 2. The van der Waals surface area contributed by atoms with E-state index in [9.17, 15) is 9.59 Å². The molecule has 2 rings (SSSR count). The summed E-state index contributed by atoms with van der Waals surface area (Å²) in [4.78, 5) is 26.3. The predicted molar refractivity (Wildman–Crippen MR) is 81.2 cm³/mol. The van der Waals surface area contributed by atoms with Crippen molar-refractivity contribution in [2.75, 3.05) is 7.05 Å². The fourth-order valence-electron chi connectivity index (χ4n) is 1.95. The molecule has 0 aromatic carbocycles. The molecule has 1 unspecified atom stereocenters. The van der Waals surface area contributed by atoms with Crippen molar-refractivity contribution in [1.29, 1.82) is 0 Å². The van der Waals surface area contributed by atoms with Crippen LogP contribution in [-0.2, 0) is 11.3 Å². The molecule has 0 spiro atoms. The lowest BCUT2D eigenvalue weighted by Gasteiger charge is -2.21. The van der Waals surface area contributed by atoms with E-state index >= 15 is 0 Å². The van der Waals surface area contributed by atoms with Gasteiger partial charge in [-0.15, -0.1) is 11.3 Å². The zero-order chi connectivity index (χ0) is 15.4. The number of nitrogens with zero attached hydrogens (tertiary/aromatic N) is 1. The van der Waals surface area contributed by atoms with Gasteiger partial charge in [-0.1, -0.05) is 6.07 Å². The molecular weight excluding hydrogens is 288 g/mol. The van der Waals surface area contributed by atoms with E-state index in [1.807, 2.05) is 24.4 Å². The van der Waals surface area contributed by atoms with E-state index in [2.05, 4.69) is 5.32 Å². The van der Waals surface area contributed by atoms with E-state index in [-0.39, 0.29) is 11.8 Å². The molecule has 0 saturated heterocycles. The first-order valence-electron chi connectivity index (χ1n) is 6.62. The van der Waals surface area contributed by atoms with Gasteiger partial charge in [0.15, 0.2) is 0 Å². The molecule has 21 heavy (non-hydrogen) atoms. The van der Waals surface area contributed by atoms with Gasteiger partial charge < -0.3 is 14.6 Å². The summed E-state index contributed by atoms with van der Waals surface area (Å²) < 4.78 is 5.44. The standard InChI is InChI=1S/C15H18N2O3S/c1-10-6-7-12(20-10)9-17(3)15(19)11(2)16-14(18)13-5-4-8-21-13/h4-8,11H,9H2,1-3H3,(H,16,18). The molecule has 0 aliphatic carbocycles. The van der Waals surface area contributed by atoms with Gasteiger partial charge in [0.1, 0.15) is 17.6 Å². The van der Waals surface area contributed by atoms with E-state index in [0.717, 1.165) is 11.5 Å². The Balaban J connectivity index is 1.90. The number of hydrogen-bond donors (Lipinski definition) is 1. The van der Waals surface area contributed by atoms with Crippen LogP contribution in [0.2, 0.25) is 0 Å². The highest BCUT2D eigenvalue weighted by Gasteiger charge is 2.21. The van der Waals surface area contributed by atoms with Crippen molar-refractivity contribution in [3.05, 3.63) is 46.0 Å². The van der Waals surface area contributed by atoms with Crippen LogP contribution in [0, 0.1) is 6.92 Å². The summed E-state index contributed by atoms with van der Waals surface area (Å²) in [6.45, 7) is 3.92. The largest absolute Gasteiger partial charge is 0.464 e. The van der Waals surface area contributed by atoms with Crippen LogP contribution in [-0.4, -0.2) is 29.8 Å². The molecule has 0 aliphatic rings. The number of carbonyl (C=O) groups is 2. The molecule has 112 valence electrons. The fourth-order valence-corrected chi connectivity index (χ4v) is 2.58. The molecule has 0 saturated carbocycles. The molecular formula is C15H18N2O3S. The highest BCUT2D eigenvalue weighted by atomic mass is 32.1. The maximum atomic E-state index is 12.2. The molecule has 0 fully saturated rings. The third kappa shape index (κ3) is 3.95. The Morgan fingerprint density at radius 3 is 2.71 bits per heavy atom. The Labute approximate surface area is 127 Å². The van der Waals surface area contributed by atoms with Crippen LogP contribution in [0.25, 0.3) is 0 Å². The number of furan rings is 1. The summed E-state index contributed by atoms with van der Waals surface area (Å²) in [6.07, 6.45) is 0. The number of hydrogen-bond acceptors (Lipinski definition) is 4. The Morgan fingerprint density at radius 1 is 1.38 bits per heavy atom. The van der Waals surface area contributed by atoms with Crippen molar-refractivity contribution in [2.24, 2.45) is 0 Å². The first kappa shape index (κ1) is 15.3. The van der Waals surface area contributed by atoms with Gasteiger partial charge in [-0.2, -0.15) is 0 Å². The number of thiophene rings is 1. The van der Waals surface area contributed by atoms with E-state index in [0.29, 0.717) is 11.4 Å². The van der Waals surface area contributed by atoms with Gasteiger partial charge in [-0.25, -0.2) is 0 Å². The summed E-state index contributed by atoms with van der Waals surface area (Å²) in [6, 6.07) is 6.65. The van der Waals surface area contributed by atoms with E-state index in [4.69, 9.17) is 4.42 Å². The molecule has 2 amide bonds. The summed E-state index contributed by atoms with van der Waals surface area (Å²) in [5.74, 6) is 1.15. The van der Waals surface area contributed by atoms with Gasteiger partial charge in [-0.3, -0.25) is 9.59 Å². The summed E-state index contributed by atoms with van der Waals surface area (Å²) in [5.41, 5.74) is 0. The van der Waals surface area contributed by atoms with Crippen molar-refractivity contribution < 1.29 is 14.0 Å². The average Bonchev–Trinajstić information content (AvgIpc) is 3.09. The second-order valence-corrected chi connectivity index (χ2v) is 5.83. The van der Waals surface area contributed by atoms with Gasteiger partial charge in [0.05, 0.1) is 11.4 Å². The Morgan fingerprint density at radius 2 is 2.14 bits per heavy atom. The fraction of sp³-hybridized carbons (Fsp3) is 0.333. The molecule has 6 heteroatoms. The molecule has 0 bridgehead atoms. The Bertz CT molecular complexity index is 619. The quantitative estimate of drug-likeness (QED) is 0.923. The maximum Gasteiger partial charge on any atom is 0.261 e. The molecule has 2 aromatic rings. The van der Waals surface area contributed by atoms with Gasteiger partial charge in [0.25, 0.3) is 5.91 Å². The Hall–Kier alpha value is -2.08. The minimum absolute atomic E-state index is 0.158. The Kier molecular flexibility index (Phi) is 4.80. The minimum Gasteiger partial charge on any atom is -0.464 e. The van der Waals surface area contributed by atoms with E-state index in [1.165, 1.54) is 16.2 Å². The van der Waals surface area contributed by atoms with Gasteiger partial charge >= 0.3 is 0 Å². The monoisotopic (exact) mass is 306 g/mol. The lowest BCUT2D eigenvalue weighted by molar-refractivity contribution is -0.132. The topological polar surface area (TPSA) is 62.6 Å². The zero-order valence-corrected chi connectivity index (χ0v) is 13.1.